The second kappa shape index (κ2) is 16.4. The van der Waals surface area contributed by atoms with Crippen LogP contribution in [0.1, 0.15) is 207 Å². The van der Waals surface area contributed by atoms with E-state index in [1.807, 2.05) is 0 Å². The Hall–Kier alpha value is -6.26. The van der Waals surface area contributed by atoms with Crippen LogP contribution in [0.3, 0.4) is 0 Å². The molecule has 3 aliphatic carbocycles. The minimum atomic E-state index is -0.275. The van der Waals surface area contributed by atoms with Gasteiger partial charge >= 0.3 is 0 Å². The molecule has 3 heterocycles. The summed E-state index contributed by atoms with van der Waals surface area (Å²) in [5, 5.41) is 1.38. The maximum absolute atomic E-state index is 2.79. The second-order valence-electron chi connectivity index (χ2n) is 31.3. The quantitative estimate of drug-likeness (QED) is 0.163. The minimum Gasteiger partial charge on any atom is -0.313 e. The highest BCUT2D eigenvalue weighted by Crippen LogP contribution is 2.57. The van der Waals surface area contributed by atoms with Gasteiger partial charge in [-0.05, 0) is 191 Å². The molecule has 0 spiro atoms. The molecule has 4 heteroatoms. The molecule has 0 atom stereocenters. The highest BCUT2D eigenvalue weighted by atomic mass is 15.2. The van der Waals surface area contributed by atoms with Crippen LogP contribution < -0.4 is 26.2 Å². The first-order chi connectivity index (χ1) is 36.8. The van der Waals surface area contributed by atoms with Gasteiger partial charge in [0.05, 0.1) is 5.69 Å². The average molecular weight is 1040 g/mol. The molecule has 7 aromatic carbocycles. The molecule has 0 N–H and O–H groups in total. The van der Waals surface area contributed by atoms with E-state index < -0.39 is 0 Å². The van der Waals surface area contributed by atoms with Crippen molar-refractivity contribution in [3.63, 3.8) is 0 Å². The predicted octanol–water partition coefficient (Wildman–Crippen LogP) is 18.6. The Morgan fingerprint density at radius 2 is 0.937 bits per heavy atom. The van der Waals surface area contributed by atoms with Gasteiger partial charge in [0.15, 0.2) is 0 Å². The zero-order valence-corrected chi connectivity index (χ0v) is 51.4. The molecule has 0 amide bonds. The van der Waals surface area contributed by atoms with E-state index >= 15 is 0 Å². The van der Waals surface area contributed by atoms with Crippen LogP contribution in [0.4, 0.5) is 34.1 Å². The van der Waals surface area contributed by atoms with Gasteiger partial charge in [0.2, 0.25) is 0 Å². The zero-order chi connectivity index (χ0) is 56.3. The van der Waals surface area contributed by atoms with E-state index in [2.05, 4.69) is 273 Å². The summed E-state index contributed by atoms with van der Waals surface area (Å²) >= 11 is 0. The van der Waals surface area contributed by atoms with E-state index in [-0.39, 0.29) is 50.0 Å². The van der Waals surface area contributed by atoms with Crippen molar-refractivity contribution in [2.75, 3.05) is 9.80 Å². The van der Waals surface area contributed by atoms with Gasteiger partial charge < -0.3 is 14.4 Å². The number of hydrogen-bond acceptors (Lipinski definition) is 2. The van der Waals surface area contributed by atoms with E-state index in [1.54, 1.807) is 0 Å². The molecular weight excluding hydrogens is 954 g/mol. The molecule has 3 nitrogen and oxygen atoms in total. The molecule has 79 heavy (non-hydrogen) atoms. The SMILES string of the molecule is CC(C)(C)c1ccc(N(c2ccc(C(C)(C)C)cc2)c2cc3c4c(c2)-n2c5c(c6cc(C(C)(C)C)cc(c62)B4c2cc4c(cc2N3c2ccc3c(c2)C(C)(C)CCC3(C)C)C(C)(C)CCC4(C)C)-c2ccccc2C5(C)C)cc1. The number of benzene rings is 7. The topological polar surface area (TPSA) is 11.4 Å². The van der Waals surface area contributed by atoms with Crippen LogP contribution in [0.2, 0.25) is 0 Å². The van der Waals surface area contributed by atoms with Gasteiger partial charge in [0.25, 0.3) is 6.71 Å². The van der Waals surface area contributed by atoms with Crippen molar-refractivity contribution in [3.05, 3.63) is 178 Å². The monoisotopic (exact) mass is 1040 g/mol. The Kier molecular flexibility index (Phi) is 10.9. The molecular formula is C75H86BN3. The Morgan fingerprint density at radius 3 is 1.49 bits per heavy atom. The maximum atomic E-state index is 2.79. The molecule has 0 saturated heterocycles. The molecule has 0 radical (unpaired) electrons. The van der Waals surface area contributed by atoms with Gasteiger partial charge in [-0.1, -0.05) is 198 Å². The molecule has 13 rings (SSSR count). The van der Waals surface area contributed by atoms with Crippen LogP contribution in [-0.2, 0) is 43.3 Å². The summed E-state index contributed by atoms with van der Waals surface area (Å²) in [5.41, 5.74) is 29.7. The van der Waals surface area contributed by atoms with Gasteiger partial charge in [-0.15, -0.1) is 0 Å². The third-order valence-electron chi connectivity index (χ3n) is 20.5. The molecule has 0 unspecified atom stereocenters. The Labute approximate surface area is 475 Å². The van der Waals surface area contributed by atoms with Crippen molar-refractivity contribution in [2.45, 2.75) is 201 Å². The van der Waals surface area contributed by atoms with Crippen LogP contribution in [-0.4, -0.2) is 11.3 Å². The first-order valence-electron chi connectivity index (χ1n) is 30.0. The van der Waals surface area contributed by atoms with Crippen molar-refractivity contribution in [2.24, 2.45) is 0 Å². The van der Waals surface area contributed by atoms with Gasteiger partial charge in [-0.25, -0.2) is 0 Å². The average Bonchev–Trinajstić information content (AvgIpc) is 2.14. The highest BCUT2D eigenvalue weighted by Gasteiger charge is 2.50. The maximum Gasteiger partial charge on any atom is 0.252 e. The summed E-state index contributed by atoms with van der Waals surface area (Å²) in [5.74, 6) is 0. The van der Waals surface area contributed by atoms with Crippen LogP contribution >= 0.6 is 0 Å². The first kappa shape index (κ1) is 52.1. The number of rotatable bonds is 4. The van der Waals surface area contributed by atoms with Crippen molar-refractivity contribution in [1.29, 1.82) is 0 Å². The summed E-state index contributed by atoms with van der Waals surface area (Å²) < 4.78 is 2.79. The summed E-state index contributed by atoms with van der Waals surface area (Å²) in [6.07, 6.45) is 4.66. The van der Waals surface area contributed by atoms with Crippen LogP contribution in [0, 0.1) is 0 Å². The molecule has 8 aromatic rings. The Bertz CT molecular complexity index is 3810. The van der Waals surface area contributed by atoms with Crippen LogP contribution in [0.15, 0.2) is 127 Å². The number of anilines is 6. The molecule has 1 aromatic heterocycles. The summed E-state index contributed by atoms with van der Waals surface area (Å²) in [6, 6.07) is 51.8. The van der Waals surface area contributed by atoms with E-state index in [0.717, 1.165) is 36.3 Å². The van der Waals surface area contributed by atoms with Gasteiger partial charge in [-0.3, -0.25) is 0 Å². The van der Waals surface area contributed by atoms with Crippen molar-refractivity contribution < 1.29 is 0 Å². The first-order valence-corrected chi connectivity index (χ1v) is 30.0. The standard InChI is InChI=1S/C75H86BN3/c1-68(2,3)45-24-28-48(29-25-45)77(49-30-26-46(27-31-49)69(4,5)6)51-41-62-65-63(42-51)79-66-53(64-52-22-20-21-23-54(52)75(18,19)67(64)79)38-47(70(7,8)9)39-60(66)76(65)59-43-57-58(74(16,17)37-36-73(57,14)15)44-61(59)78(62)50-32-33-55-56(40-50)72(12,13)35-34-71(55,10)11/h20-33,38-44H,34-37H2,1-19H3. The zero-order valence-electron chi connectivity index (χ0n) is 51.4. The lowest BCUT2D eigenvalue weighted by molar-refractivity contribution is 0.332. The molecule has 5 aliphatic rings. The molecule has 0 bridgehead atoms. The smallest absolute Gasteiger partial charge is 0.252 e. The predicted molar refractivity (Wildman–Crippen MR) is 342 cm³/mol. The molecule has 0 saturated carbocycles. The molecule has 404 valence electrons. The second-order valence-corrected chi connectivity index (χ2v) is 31.3. The van der Waals surface area contributed by atoms with Gasteiger partial charge in [-0.2, -0.15) is 0 Å². The minimum absolute atomic E-state index is 0.0103. The van der Waals surface area contributed by atoms with Crippen LogP contribution in [0.25, 0.3) is 27.7 Å². The lowest BCUT2D eigenvalue weighted by Crippen LogP contribution is -2.61. The van der Waals surface area contributed by atoms with E-state index in [0.29, 0.717) is 0 Å². The summed E-state index contributed by atoms with van der Waals surface area (Å²) in [7, 11) is 0. The lowest BCUT2D eigenvalue weighted by atomic mass is 9.33. The third kappa shape index (κ3) is 7.64. The fourth-order valence-corrected chi connectivity index (χ4v) is 15.3. The number of aromatic nitrogens is 1. The normalized spacial score (nSPS) is 18.6. The Balaban J connectivity index is 1.22. The fraction of sp³-hybridized carbons (Fsp3) is 0.413. The van der Waals surface area contributed by atoms with E-state index in [4.69, 9.17) is 0 Å². The number of hydrogen-bond donors (Lipinski definition) is 0. The Morgan fingerprint density at radius 1 is 0.430 bits per heavy atom. The summed E-state index contributed by atoms with van der Waals surface area (Å²) in [6.45, 7) is 46.1. The van der Waals surface area contributed by atoms with Crippen molar-refractivity contribution >= 4 is 68.1 Å². The van der Waals surface area contributed by atoms with E-state index in [1.165, 1.54) is 118 Å². The van der Waals surface area contributed by atoms with Gasteiger partial charge in [0, 0.05) is 61.7 Å². The van der Waals surface area contributed by atoms with E-state index in [9.17, 15) is 0 Å². The summed E-state index contributed by atoms with van der Waals surface area (Å²) in [4.78, 5) is 5.32. The number of nitrogens with zero attached hydrogens (tertiary/aromatic N) is 3. The lowest BCUT2D eigenvalue weighted by Gasteiger charge is -2.47. The largest absolute Gasteiger partial charge is 0.313 e. The van der Waals surface area contributed by atoms with Crippen molar-refractivity contribution in [3.8, 4) is 16.8 Å². The van der Waals surface area contributed by atoms with Crippen molar-refractivity contribution in [1.82, 2.24) is 4.57 Å². The molecule has 2 aliphatic heterocycles. The van der Waals surface area contributed by atoms with Gasteiger partial charge in [0.1, 0.15) is 0 Å². The molecule has 0 fully saturated rings. The fourth-order valence-electron chi connectivity index (χ4n) is 15.3. The highest BCUT2D eigenvalue weighted by molar-refractivity contribution is 7.00. The number of fused-ring (bicyclic) bond motifs is 11. The van der Waals surface area contributed by atoms with Crippen LogP contribution in [0.5, 0.6) is 0 Å². The third-order valence-corrected chi connectivity index (χ3v) is 20.5.